The Morgan fingerprint density at radius 2 is 1.81 bits per heavy atom. The van der Waals surface area contributed by atoms with Crippen LogP contribution in [0.15, 0.2) is 42.5 Å². The normalized spacial score (nSPS) is 15.4. The van der Waals surface area contributed by atoms with E-state index >= 15 is 0 Å². The third-order valence-electron chi connectivity index (χ3n) is 4.61. The molecule has 6 heteroatoms. The molecule has 0 radical (unpaired) electrons. The van der Waals surface area contributed by atoms with E-state index in [0.717, 1.165) is 5.56 Å². The Morgan fingerprint density at radius 3 is 2.52 bits per heavy atom. The summed E-state index contributed by atoms with van der Waals surface area (Å²) >= 11 is 0. The molecule has 2 amide bonds. The van der Waals surface area contributed by atoms with Crippen LogP contribution in [-0.4, -0.2) is 24.7 Å². The van der Waals surface area contributed by atoms with Gasteiger partial charge in [-0.05, 0) is 17.7 Å². The van der Waals surface area contributed by atoms with Crippen molar-refractivity contribution < 1.29 is 19.1 Å². The molecule has 1 unspecified atom stereocenters. The number of rotatable bonds is 5. The maximum atomic E-state index is 12.8. The van der Waals surface area contributed by atoms with E-state index in [2.05, 4.69) is 10.6 Å². The van der Waals surface area contributed by atoms with Gasteiger partial charge in [0.2, 0.25) is 11.8 Å². The van der Waals surface area contributed by atoms with Gasteiger partial charge in [-0.25, -0.2) is 0 Å². The number of Topliss-reactive ketones (excluding diaryl/α,β-unsaturated/α-hetero) is 1. The Kier molecular flexibility index (Phi) is 5.26. The lowest BCUT2D eigenvalue weighted by Crippen LogP contribution is -2.22. The summed E-state index contributed by atoms with van der Waals surface area (Å²) in [6, 6.07) is 12.2. The summed E-state index contributed by atoms with van der Waals surface area (Å²) in [5.41, 5.74) is 2.26. The molecule has 0 saturated carbocycles. The van der Waals surface area contributed by atoms with Crippen molar-refractivity contribution in [3.05, 3.63) is 53.6 Å². The lowest BCUT2D eigenvalue weighted by atomic mass is 10.0. The number of hydrogen-bond acceptors (Lipinski definition) is 4. The first-order chi connectivity index (χ1) is 12.9. The number of methoxy groups -OCH3 is 1. The second kappa shape index (κ2) is 7.61. The van der Waals surface area contributed by atoms with Crippen molar-refractivity contribution in [3.8, 4) is 5.75 Å². The summed E-state index contributed by atoms with van der Waals surface area (Å²) in [7, 11) is 1.53. The molecule has 0 bridgehead atoms. The van der Waals surface area contributed by atoms with Gasteiger partial charge in [-0.15, -0.1) is 0 Å². The zero-order valence-corrected chi connectivity index (χ0v) is 15.5. The Bertz CT molecular complexity index is 905. The van der Waals surface area contributed by atoms with E-state index in [-0.39, 0.29) is 29.9 Å². The maximum absolute atomic E-state index is 12.8. The van der Waals surface area contributed by atoms with E-state index in [1.165, 1.54) is 7.11 Å². The highest BCUT2D eigenvalue weighted by atomic mass is 16.5. The highest BCUT2D eigenvalue weighted by Crippen LogP contribution is 2.35. The minimum atomic E-state index is -0.538. The minimum absolute atomic E-state index is 0.0335. The van der Waals surface area contributed by atoms with E-state index in [1.54, 1.807) is 50.2 Å². The predicted molar refractivity (Wildman–Crippen MR) is 103 cm³/mol. The first-order valence-electron chi connectivity index (χ1n) is 8.82. The number of amides is 2. The van der Waals surface area contributed by atoms with Gasteiger partial charge in [-0.3, -0.25) is 14.4 Å². The van der Waals surface area contributed by atoms with Crippen LogP contribution >= 0.6 is 0 Å². The van der Waals surface area contributed by atoms with Crippen LogP contribution in [0.1, 0.15) is 42.1 Å². The lowest BCUT2D eigenvalue weighted by Gasteiger charge is -2.17. The predicted octanol–water partition coefficient (Wildman–Crippen LogP) is 3.60. The Morgan fingerprint density at radius 1 is 1.07 bits per heavy atom. The van der Waals surface area contributed by atoms with Gasteiger partial charge in [0.05, 0.1) is 24.4 Å². The molecular formula is C21H22N2O4. The molecular weight excluding hydrogens is 344 g/mol. The quantitative estimate of drug-likeness (QED) is 0.847. The van der Waals surface area contributed by atoms with Crippen molar-refractivity contribution in [1.29, 1.82) is 0 Å². The fraction of sp³-hybridized carbons (Fsp3) is 0.286. The van der Waals surface area contributed by atoms with Gasteiger partial charge in [0, 0.05) is 24.0 Å². The summed E-state index contributed by atoms with van der Waals surface area (Å²) < 4.78 is 5.21. The molecule has 1 atom stereocenters. The average Bonchev–Trinajstić information content (AvgIpc) is 3.00. The topological polar surface area (TPSA) is 84.5 Å². The smallest absolute Gasteiger partial charge is 0.232 e. The summed E-state index contributed by atoms with van der Waals surface area (Å²) in [6.45, 7) is 3.57. The van der Waals surface area contributed by atoms with Crippen molar-refractivity contribution in [2.24, 2.45) is 5.92 Å². The number of anilines is 2. The number of fused-ring (bicyclic) bond motifs is 1. The van der Waals surface area contributed by atoms with Crippen LogP contribution in [0, 0.1) is 5.92 Å². The van der Waals surface area contributed by atoms with Crippen LogP contribution < -0.4 is 15.4 Å². The molecule has 1 aliphatic rings. The van der Waals surface area contributed by atoms with Gasteiger partial charge in [0.15, 0.2) is 5.78 Å². The van der Waals surface area contributed by atoms with E-state index in [1.807, 2.05) is 6.07 Å². The van der Waals surface area contributed by atoms with Crippen LogP contribution in [0.3, 0.4) is 0 Å². The highest BCUT2D eigenvalue weighted by molar-refractivity contribution is 6.10. The molecule has 0 heterocycles. The Hall–Kier alpha value is -3.15. The first-order valence-corrected chi connectivity index (χ1v) is 8.82. The number of hydrogen-bond donors (Lipinski definition) is 2. The SMILES string of the molecule is COc1ccc(NC(=O)C2CC(=O)c3ccccc32)c(NC(=O)C(C)C)c1. The molecule has 2 aromatic carbocycles. The van der Waals surface area contributed by atoms with Crippen LogP contribution in [0.5, 0.6) is 5.75 Å². The summed E-state index contributed by atoms with van der Waals surface area (Å²) in [4.78, 5) is 37.1. The molecule has 0 saturated heterocycles. The molecule has 6 nitrogen and oxygen atoms in total. The van der Waals surface area contributed by atoms with E-state index in [9.17, 15) is 14.4 Å². The molecule has 27 heavy (non-hydrogen) atoms. The average molecular weight is 366 g/mol. The standard InChI is InChI=1S/C21H22N2O4/c1-12(2)20(25)23-18-10-13(27-3)8-9-17(18)22-21(26)16-11-19(24)15-7-5-4-6-14(15)16/h4-10,12,16H,11H2,1-3H3,(H,22,26)(H,23,25). The molecule has 0 fully saturated rings. The fourth-order valence-electron chi connectivity index (χ4n) is 3.05. The molecule has 1 aliphatic carbocycles. The van der Waals surface area contributed by atoms with Crippen LogP contribution in [0.4, 0.5) is 11.4 Å². The largest absolute Gasteiger partial charge is 0.497 e. The van der Waals surface area contributed by atoms with Crippen molar-refractivity contribution in [3.63, 3.8) is 0 Å². The van der Waals surface area contributed by atoms with Crippen LogP contribution in [0.2, 0.25) is 0 Å². The molecule has 2 N–H and O–H groups in total. The van der Waals surface area contributed by atoms with Gasteiger partial charge in [0.25, 0.3) is 0 Å². The lowest BCUT2D eigenvalue weighted by molar-refractivity contribution is -0.119. The van der Waals surface area contributed by atoms with Crippen LogP contribution in [0.25, 0.3) is 0 Å². The van der Waals surface area contributed by atoms with E-state index in [4.69, 9.17) is 4.74 Å². The van der Waals surface area contributed by atoms with Gasteiger partial charge in [-0.1, -0.05) is 38.1 Å². The number of ether oxygens (including phenoxy) is 1. The van der Waals surface area contributed by atoms with Crippen molar-refractivity contribution in [2.45, 2.75) is 26.2 Å². The number of ketones is 1. The highest BCUT2D eigenvalue weighted by Gasteiger charge is 2.34. The summed E-state index contributed by atoms with van der Waals surface area (Å²) in [5, 5.41) is 5.66. The number of carbonyl (C=O) groups is 3. The molecule has 2 aromatic rings. The Balaban J connectivity index is 1.86. The number of nitrogens with one attached hydrogen (secondary N) is 2. The van der Waals surface area contributed by atoms with Crippen molar-refractivity contribution >= 4 is 29.0 Å². The van der Waals surface area contributed by atoms with Gasteiger partial charge < -0.3 is 15.4 Å². The van der Waals surface area contributed by atoms with Crippen LogP contribution in [-0.2, 0) is 9.59 Å². The summed E-state index contributed by atoms with van der Waals surface area (Å²) in [5.74, 6) is -0.663. The molecule has 0 aromatic heterocycles. The zero-order valence-electron chi connectivity index (χ0n) is 15.5. The summed E-state index contributed by atoms with van der Waals surface area (Å²) in [6.07, 6.45) is 0.148. The van der Waals surface area contributed by atoms with Crippen molar-refractivity contribution in [1.82, 2.24) is 0 Å². The zero-order chi connectivity index (χ0) is 19.6. The minimum Gasteiger partial charge on any atom is -0.497 e. The number of carbonyl (C=O) groups excluding carboxylic acids is 3. The molecule has 3 rings (SSSR count). The monoisotopic (exact) mass is 366 g/mol. The first kappa shape index (κ1) is 18.6. The third kappa shape index (κ3) is 3.84. The molecule has 0 aliphatic heterocycles. The van der Waals surface area contributed by atoms with E-state index < -0.39 is 5.92 Å². The number of benzene rings is 2. The van der Waals surface area contributed by atoms with Gasteiger partial charge in [0.1, 0.15) is 5.75 Å². The maximum Gasteiger partial charge on any atom is 0.232 e. The van der Waals surface area contributed by atoms with Gasteiger partial charge in [-0.2, -0.15) is 0 Å². The second-order valence-corrected chi connectivity index (χ2v) is 6.81. The van der Waals surface area contributed by atoms with Gasteiger partial charge >= 0.3 is 0 Å². The van der Waals surface area contributed by atoms with Crippen molar-refractivity contribution in [2.75, 3.05) is 17.7 Å². The third-order valence-corrected chi connectivity index (χ3v) is 4.61. The Labute approximate surface area is 157 Å². The molecule has 140 valence electrons. The van der Waals surface area contributed by atoms with E-state index in [0.29, 0.717) is 22.7 Å². The second-order valence-electron chi connectivity index (χ2n) is 6.81. The molecule has 0 spiro atoms. The fourth-order valence-corrected chi connectivity index (χ4v) is 3.05.